The molecule has 0 amide bonds. The van der Waals surface area contributed by atoms with Gasteiger partial charge in [0, 0.05) is 48.7 Å². The van der Waals surface area contributed by atoms with Gasteiger partial charge in [0.2, 0.25) is 5.95 Å². The number of hydrogen-bond acceptors (Lipinski definition) is 7. The van der Waals surface area contributed by atoms with Gasteiger partial charge in [-0.2, -0.15) is 4.98 Å². The van der Waals surface area contributed by atoms with Crippen LogP contribution in [-0.4, -0.2) is 53.5 Å². The quantitative estimate of drug-likeness (QED) is 0.745. The number of halogens is 1. The summed E-state index contributed by atoms with van der Waals surface area (Å²) in [7, 11) is 0. The van der Waals surface area contributed by atoms with E-state index in [-0.39, 0.29) is 12.0 Å². The topological polar surface area (TPSA) is 87.7 Å². The van der Waals surface area contributed by atoms with E-state index < -0.39 is 5.60 Å². The minimum Gasteiger partial charge on any atom is -0.390 e. The average Bonchev–Trinajstić information content (AvgIpc) is 2.95. The summed E-state index contributed by atoms with van der Waals surface area (Å²) in [4.78, 5) is 13.3. The van der Waals surface area contributed by atoms with Gasteiger partial charge in [-0.1, -0.05) is 17.7 Å². The van der Waals surface area contributed by atoms with Crippen LogP contribution in [0.5, 0.6) is 0 Å². The summed E-state index contributed by atoms with van der Waals surface area (Å²) in [5.41, 5.74) is 9.53. The molecule has 1 atom stereocenters. The van der Waals surface area contributed by atoms with Gasteiger partial charge < -0.3 is 25.4 Å². The predicted octanol–water partition coefficient (Wildman–Crippen LogP) is 3.65. The first-order valence-corrected chi connectivity index (χ1v) is 11.3. The maximum atomic E-state index is 10.3. The third kappa shape index (κ3) is 4.89. The summed E-state index contributed by atoms with van der Waals surface area (Å²) in [6.45, 7) is 9.64. The highest BCUT2D eigenvalue weighted by Crippen LogP contribution is 2.38. The number of anilines is 3. The molecule has 0 spiro atoms. The number of aliphatic hydroxyl groups is 1. The van der Waals surface area contributed by atoms with E-state index in [0.717, 1.165) is 66.7 Å². The fraction of sp³-hybridized carbons (Fsp3) is 0.565. The SMILES string of the molecule is Cc1cc(N2CCCOCC2c2cc(C)c(N3CCC(C)(O)CC3)cc2Cl)nc(N)n1. The highest BCUT2D eigenvalue weighted by Gasteiger charge is 2.30. The zero-order valence-corrected chi connectivity index (χ0v) is 19.3. The van der Waals surface area contributed by atoms with Crippen LogP contribution in [0.3, 0.4) is 0 Å². The number of hydrogen-bond donors (Lipinski definition) is 2. The predicted molar refractivity (Wildman–Crippen MR) is 125 cm³/mol. The molecule has 2 aromatic rings. The summed E-state index contributed by atoms with van der Waals surface area (Å²) in [5.74, 6) is 1.08. The van der Waals surface area contributed by atoms with Crippen molar-refractivity contribution in [1.82, 2.24) is 9.97 Å². The van der Waals surface area contributed by atoms with Crippen molar-refractivity contribution < 1.29 is 9.84 Å². The van der Waals surface area contributed by atoms with Crippen molar-refractivity contribution in [3.63, 3.8) is 0 Å². The molecule has 3 heterocycles. The van der Waals surface area contributed by atoms with E-state index in [1.165, 1.54) is 5.56 Å². The van der Waals surface area contributed by atoms with Crippen LogP contribution in [0.2, 0.25) is 5.02 Å². The molecule has 168 valence electrons. The molecular weight excluding hydrogens is 414 g/mol. The molecule has 1 aromatic heterocycles. The van der Waals surface area contributed by atoms with Crippen molar-refractivity contribution in [2.24, 2.45) is 0 Å². The van der Waals surface area contributed by atoms with Gasteiger partial charge >= 0.3 is 0 Å². The molecule has 1 unspecified atom stereocenters. The van der Waals surface area contributed by atoms with Crippen molar-refractivity contribution in [3.8, 4) is 0 Å². The molecular formula is C23H32ClN5O2. The lowest BCUT2D eigenvalue weighted by Gasteiger charge is -2.38. The first-order valence-electron chi connectivity index (χ1n) is 11.0. The Morgan fingerprint density at radius 1 is 1.16 bits per heavy atom. The smallest absolute Gasteiger partial charge is 0.222 e. The lowest BCUT2D eigenvalue weighted by atomic mass is 9.92. The Balaban J connectivity index is 1.67. The average molecular weight is 446 g/mol. The molecule has 0 saturated carbocycles. The number of aromatic nitrogens is 2. The Morgan fingerprint density at radius 2 is 1.90 bits per heavy atom. The number of piperidine rings is 1. The van der Waals surface area contributed by atoms with Gasteiger partial charge in [0.25, 0.3) is 0 Å². The molecule has 4 rings (SSSR count). The molecule has 2 aliphatic heterocycles. The second-order valence-electron chi connectivity index (χ2n) is 9.01. The summed E-state index contributed by atoms with van der Waals surface area (Å²) < 4.78 is 5.92. The fourth-order valence-corrected chi connectivity index (χ4v) is 4.83. The summed E-state index contributed by atoms with van der Waals surface area (Å²) >= 11 is 6.86. The van der Waals surface area contributed by atoms with Crippen molar-refractivity contribution in [3.05, 3.63) is 40.0 Å². The molecule has 7 nitrogen and oxygen atoms in total. The van der Waals surface area contributed by atoms with Crippen molar-refractivity contribution in [2.45, 2.75) is 51.7 Å². The summed E-state index contributed by atoms with van der Waals surface area (Å²) in [6.07, 6.45) is 2.41. The zero-order chi connectivity index (χ0) is 22.2. The highest BCUT2D eigenvalue weighted by atomic mass is 35.5. The fourth-order valence-electron chi connectivity index (χ4n) is 4.55. The highest BCUT2D eigenvalue weighted by molar-refractivity contribution is 6.31. The molecule has 3 N–H and O–H groups in total. The van der Waals surface area contributed by atoms with E-state index in [1.54, 1.807) is 0 Å². The molecule has 31 heavy (non-hydrogen) atoms. The molecule has 1 aromatic carbocycles. The van der Waals surface area contributed by atoms with E-state index in [1.807, 2.05) is 19.9 Å². The van der Waals surface area contributed by atoms with Crippen molar-refractivity contribution >= 4 is 29.1 Å². The zero-order valence-electron chi connectivity index (χ0n) is 18.6. The number of rotatable bonds is 3. The van der Waals surface area contributed by atoms with Gasteiger partial charge in [0.15, 0.2) is 0 Å². The number of aryl methyl sites for hydroxylation is 2. The van der Waals surface area contributed by atoms with Gasteiger partial charge in [0.1, 0.15) is 5.82 Å². The minimum absolute atomic E-state index is 0.0569. The van der Waals surface area contributed by atoms with Crippen LogP contribution in [0.25, 0.3) is 0 Å². The first kappa shape index (κ1) is 22.1. The molecule has 2 fully saturated rings. The van der Waals surface area contributed by atoms with E-state index >= 15 is 0 Å². The second kappa shape index (κ2) is 8.81. The van der Waals surface area contributed by atoms with Gasteiger partial charge in [-0.15, -0.1) is 0 Å². The van der Waals surface area contributed by atoms with E-state index in [9.17, 15) is 5.11 Å². The first-order chi connectivity index (χ1) is 14.7. The lowest BCUT2D eigenvalue weighted by Crippen LogP contribution is -2.42. The van der Waals surface area contributed by atoms with Crippen LogP contribution in [-0.2, 0) is 4.74 Å². The number of ether oxygens (including phenoxy) is 1. The number of nitrogens with zero attached hydrogens (tertiary/aromatic N) is 4. The number of nitrogen functional groups attached to an aromatic ring is 1. The third-order valence-electron chi connectivity index (χ3n) is 6.35. The van der Waals surface area contributed by atoms with Crippen LogP contribution < -0.4 is 15.5 Å². The maximum absolute atomic E-state index is 10.3. The monoisotopic (exact) mass is 445 g/mol. The number of nitrogens with two attached hydrogens (primary N) is 1. The lowest BCUT2D eigenvalue weighted by molar-refractivity contribution is 0.0351. The van der Waals surface area contributed by atoms with Crippen LogP contribution in [0.4, 0.5) is 17.5 Å². The molecule has 2 saturated heterocycles. The summed E-state index contributed by atoms with van der Waals surface area (Å²) in [6, 6.07) is 6.14. The summed E-state index contributed by atoms with van der Waals surface area (Å²) in [5, 5.41) is 11.0. The van der Waals surface area contributed by atoms with Crippen LogP contribution in [0.15, 0.2) is 18.2 Å². The van der Waals surface area contributed by atoms with Crippen LogP contribution in [0, 0.1) is 13.8 Å². The minimum atomic E-state index is -0.580. The Kier molecular flexibility index (Phi) is 6.28. The Hall–Kier alpha value is -2.09. The van der Waals surface area contributed by atoms with Gasteiger partial charge in [0.05, 0.1) is 18.2 Å². The Morgan fingerprint density at radius 3 is 2.61 bits per heavy atom. The van der Waals surface area contributed by atoms with Gasteiger partial charge in [-0.25, -0.2) is 4.98 Å². The van der Waals surface area contributed by atoms with Gasteiger partial charge in [-0.05, 0) is 57.2 Å². The van der Waals surface area contributed by atoms with Crippen molar-refractivity contribution in [1.29, 1.82) is 0 Å². The maximum Gasteiger partial charge on any atom is 0.222 e. The largest absolute Gasteiger partial charge is 0.390 e. The van der Waals surface area contributed by atoms with Crippen molar-refractivity contribution in [2.75, 3.05) is 48.4 Å². The van der Waals surface area contributed by atoms with Crippen LogP contribution in [0.1, 0.15) is 49.0 Å². The molecule has 0 radical (unpaired) electrons. The standard InChI is InChI=1S/C23H32ClN5O2/c1-15-11-17(18(24)13-19(15)28-8-5-23(3,30)6-9-28)20-14-31-10-4-7-29(20)21-12-16(2)26-22(25)27-21/h11-13,20,30H,4-10,14H2,1-3H3,(H2,25,26,27). The molecule has 0 bridgehead atoms. The van der Waals surface area contributed by atoms with E-state index in [2.05, 4.69) is 38.8 Å². The normalized spacial score (nSPS) is 21.8. The van der Waals surface area contributed by atoms with E-state index in [4.69, 9.17) is 22.1 Å². The van der Waals surface area contributed by atoms with E-state index in [0.29, 0.717) is 13.2 Å². The molecule has 2 aliphatic rings. The third-order valence-corrected chi connectivity index (χ3v) is 6.67. The van der Waals surface area contributed by atoms with Gasteiger partial charge in [-0.3, -0.25) is 0 Å². The second-order valence-corrected chi connectivity index (χ2v) is 9.41. The Labute approximate surface area is 189 Å². The van der Waals surface area contributed by atoms with Crippen LogP contribution >= 0.6 is 11.6 Å². The molecule has 0 aliphatic carbocycles. The number of benzene rings is 1. The Bertz CT molecular complexity index is 922. The molecule has 8 heteroatoms.